The van der Waals surface area contributed by atoms with E-state index in [0.29, 0.717) is 15.7 Å². The van der Waals surface area contributed by atoms with Gasteiger partial charge in [0.2, 0.25) is 0 Å². The molecule has 2 rings (SSSR count). The number of nitrogens with one attached hydrogen (secondary N) is 1. The summed E-state index contributed by atoms with van der Waals surface area (Å²) in [6.07, 6.45) is -0.548. The van der Waals surface area contributed by atoms with Gasteiger partial charge in [-0.15, -0.1) is 0 Å². The number of benzene rings is 1. The van der Waals surface area contributed by atoms with Crippen molar-refractivity contribution in [2.75, 3.05) is 31.6 Å². The number of carbonyl (C=O) groups is 3. The number of hydrogen-bond acceptors (Lipinski definition) is 5. The number of amides is 3. The number of rotatable bonds is 3. The molecule has 1 aliphatic heterocycles. The first-order valence-electron chi connectivity index (χ1n) is 9.18. The molecule has 0 aromatic heterocycles. The summed E-state index contributed by atoms with van der Waals surface area (Å²) in [4.78, 5) is 40.4. The lowest BCUT2D eigenvalue weighted by atomic mass is 10.1. The van der Waals surface area contributed by atoms with Crippen LogP contribution >= 0.6 is 23.2 Å². The molecule has 29 heavy (non-hydrogen) atoms. The fourth-order valence-electron chi connectivity index (χ4n) is 2.78. The van der Waals surface area contributed by atoms with Gasteiger partial charge in [-0.05, 0) is 45.9 Å². The SMILES string of the molecule is CCOC(=O)C1CN(C(=O)OC(C)(C)C)CCN1C(=O)Nc1cc(Cl)cc(Cl)c1. The lowest BCUT2D eigenvalue weighted by molar-refractivity contribution is -0.150. The van der Waals surface area contributed by atoms with Gasteiger partial charge in [-0.1, -0.05) is 23.2 Å². The number of nitrogens with zero attached hydrogens (tertiary/aromatic N) is 2. The van der Waals surface area contributed by atoms with Gasteiger partial charge >= 0.3 is 18.1 Å². The second kappa shape index (κ2) is 9.54. The van der Waals surface area contributed by atoms with Crippen LogP contribution in [-0.4, -0.2) is 65.8 Å². The summed E-state index contributed by atoms with van der Waals surface area (Å²) < 4.78 is 10.5. The van der Waals surface area contributed by atoms with Crippen LogP contribution < -0.4 is 5.32 Å². The minimum absolute atomic E-state index is 0.0303. The Labute approximate surface area is 180 Å². The molecule has 0 bridgehead atoms. The van der Waals surface area contributed by atoms with Crippen molar-refractivity contribution in [2.45, 2.75) is 39.3 Å². The van der Waals surface area contributed by atoms with Crippen LogP contribution in [0.2, 0.25) is 10.0 Å². The monoisotopic (exact) mass is 445 g/mol. The lowest BCUT2D eigenvalue weighted by Gasteiger charge is -2.40. The maximum Gasteiger partial charge on any atom is 0.410 e. The van der Waals surface area contributed by atoms with Gasteiger partial charge in [0.1, 0.15) is 11.6 Å². The molecule has 1 fully saturated rings. The van der Waals surface area contributed by atoms with Crippen molar-refractivity contribution < 1.29 is 23.9 Å². The summed E-state index contributed by atoms with van der Waals surface area (Å²) >= 11 is 11.9. The zero-order valence-corrected chi connectivity index (χ0v) is 18.3. The normalized spacial score (nSPS) is 17.0. The highest BCUT2D eigenvalue weighted by molar-refractivity contribution is 6.35. The minimum atomic E-state index is -0.967. The highest BCUT2D eigenvalue weighted by Gasteiger charge is 2.39. The van der Waals surface area contributed by atoms with E-state index in [2.05, 4.69) is 5.32 Å². The number of esters is 1. The molecule has 0 saturated carbocycles. The van der Waals surface area contributed by atoms with Gasteiger partial charge in [0.15, 0.2) is 0 Å². The van der Waals surface area contributed by atoms with Crippen LogP contribution in [0.3, 0.4) is 0 Å². The van der Waals surface area contributed by atoms with Crippen molar-refractivity contribution in [3.63, 3.8) is 0 Å². The first-order valence-corrected chi connectivity index (χ1v) is 9.94. The molecule has 0 radical (unpaired) electrons. The first-order chi connectivity index (χ1) is 13.5. The molecule has 0 spiro atoms. The highest BCUT2D eigenvalue weighted by Crippen LogP contribution is 2.23. The van der Waals surface area contributed by atoms with Crippen LogP contribution in [0.1, 0.15) is 27.7 Å². The van der Waals surface area contributed by atoms with E-state index in [0.717, 1.165) is 0 Å². The topological polar surface area (TPSA) is 88.2 Å². The van der Waals surface area contributed by atoms with Crippen LogP contribution in [0.25, 0.3) is 0 Å². The van der Waals surface area contributed by atoms with Crippen molar-refractivity contribution in [1.29, 1.82) is 0 Å². The van der Waals surface area contributed by atoms with Gasteiger partial charge in [-0.25, -0.2) is 14.4 Å². The molecule has 1 aliphatic rings. The van der Waals surface area contributed by atoms with E-state index in [1.165, 1.54) is 9.80 Å². The van der Waals surface area contributed by atoms with E-state index in [9.17, 15) is 14.4 Å². The molecule has 1 aromatic carbocycles. The van der Waals surface area contributed by atoms with Gasteiger partial charge in [-0.3, -0.25) is 0 Å². The molecule has 1 heterocycles. The second-order valence-electron chi connectivity index (χ2n) is 7.48. The van der Waals surface area contributed by atoms with Crippen molar-refractivity contribution in [1.82, 2.24) is 9.80 Å². The molecular formula is C19H25Cl2N3O5. The Kier molecular flexibility index (Phi) is 7.60. The van der Waals surface area contributed by atoms with Gasteiger partial charge in [-0.2, -0.15) is 0 Å². The Balaban J connectivity index is 2.16. The molecule has 1 atom stereocenters. The van der Waals surface area contributed by atoms with Gasteiger partial charge in [0, 0.05) is 28.8 Å². The summed E-state index contributed by atoms with van der Waals surface area (Å²) in [5.74, 6) is -0.597. The lowest BCUT2D eigenvalue weighted by Crippen LogP contribution is -2.61. The standard InChI is InChI=1S/C19H25Cl2N3O5/c1-5-28-16(25)15-11-23(18(27)29-19(2,3)4)6-7-24(15)17(26)22-14-9-12(20)8-13(21)10-14/h8-10,15H,5-7,11H2,1-4H3,(H,22,26). The van der Waals surface area contributed by atoms with Crippen LogP contribution in [-0.2, 0) is 14.3 Å². The molecule has 8 nitrogen and oxygen atoms in total. The largest absolute Gasteiger partial charge is 0.464 e. The number of hydrogen-bond donors (Lipinski definition) is 1. The predicted molar refractivity (Wildman–Crippen MR) is 110 cm³/mol. The Morgan fingerprint density at radius 1 is 1.14 bits per heavy atom. The smallest absolute Gasteiger partial charge is 0.410 e. The van der Waals surface area contributed by atoms with Crippen molar-refractivity contribution in [3.8, 4) is 0 Å². The number of ether oxygens (including phenoxy) is 2. The molecule has 1 aromatic rings. The third-order valence-electron chi connectivity index (χ3n) is 3.97. The van der Waals surface area contributed by atoms with E-state index >= 15 is 0 Å². The number of halogens is 2. The van der Waals surface area contributed by atoms with Crippen molar-refractivity contribution in [3.05, 3.63) is 28.2 Å². The summed E-state index contributed by atoms with van der Waals surface area (Å²) in [7, 11) is 0. The fraction of sp³-hybridized carbons (Fsp3) is 0.526. The fourth-order valence-corrected chi connectivity index (χ4v) is 3.31. The van der Waals surface area contributed by atoms with Gasteiger partial charge < -0.3 is 24.6 Å². The van der Waals surface area contributed by atoms with Crippen LogP contribution in [0.15, 0.2) is 18.2 Å². The van der Waals surface area contributed by atoms with E-state index < -0.39 is 29.7 Å². The number of carbonyl (C=O) groups excluding carboxylic acids is 3. The molecule has 3 amide bonds. The maximum atomic E-state index is 12.8. The molecular weight excluding hydrogens is 421 g/mol. The highest BCUT2D eigenvalue weighted by atomic mass is 35.5. The van der Waals surface area contributed by atoms with E-state index in [1.807, 2.05) is 0 Å². The van der Waals surface area contributed by atoms with Crippen LogP contribution in [0, 0.1) is 0 Å². The predicted octanol–water partition coefficient (Wildman–Crippen LogP) is 4.01. The Morgan fingerprint density at radius 3 is 2.31 bits per heavy atom. The Bertz CT molecular complexity index is 761. The number of urea groups is 1. The summed E-state index contributed by atoms with van der Waals surface area (Å²) in [6.45, 7) is 7.41. The quantitative estimate of drug-likeness (QED) is 0.709. The average molecular weight is 446 g/mol. The minimum Gasteiger partial charge on any atom is -0.464 e. The Hall–Kier alpha value is -2.19. The van der Waals surface area contributed by atoms with E-state index in [-0.39, 0.29) is 26.2 Å². The summed E-state index contributed by atoms with van der Waals surface area (Å²) in [6, 6.07) is 3.14. The molecule has 1 unspecified atom stereocenters. The molecule has 1 saturated heterocycles. The molecule has 0 aliphatic carbocycles. The number of anilines is 1. The molecule has 1 N–H and O–H groups in total. The van der Waals surface area contributed by atoms with Crippen LogP contribution in [0.4, 0.5) is 15.3 Å². The van der Waals surface area contributed by atoms with Crippen LogP contribution in [0.5, 0.6) is 0 Å². The summed E-state index contributed by atoms with van der Waals surface area (Å²) in [5, 5.41) is 3.41. The third kappa shape index (κ3) is 6.68. The zero-order chi connectivity index (χ0) is 21.8. The molecule has 160 valence electrons. The van der Waals surface area contributed by atoms with E-state index in [1.54, 1.807) is 45.9 Å². The van der Waals surface area contributed by atoms with E-state index in [4.69, 9.17) is 32.7 Å². The number of piperazine rings is 1. The third-order valence-corrected chi connectivity index (χ3v) is 4.40. The zero-order valence-electron chi connectivity index (χ0n) is 16.8. The van der Waals surface area contributed by atoms with Gasteiger partial charge in [0.05, 0.1) is 13.2 Å². The van der Waals surface area contributed by atoms with Crippen molar-refractivity contribution >= 4 is 47.0 Å². The second-order valence-corrected chi connectivity index (χ2v) is 8.35. The van der Waals surface area contributed by atoms with Gasteiger partial charge in [0.25, 0.3) is 0 Å². The summed E-state index contributed by atoms with van der Waals surface area (Å²) in [5.41, 5.74) is -0.277. The first kappa shape index (κ1) is 23.1. The van der Waals surface area contributed by atoms with Crippen molar-refractivity contribution in [2.24, 2.45) is 0 Å². The molecule has 10 heteroatoms. The average Bonchev–Trinajstić information content (AvgIpc) is 2.59. The maximum absolute atomic E-state index is 12.8. The Morgan fingerprint density at radius 2 is 1.76 bits per heavy atom.